The third-order valence-corrected chi connectivity index (χ3v) is 2.92. The summed E-state index contributed by atoms with van der Waals surface area (Å²) in [5.41, 5.74) is 0.549. The molecular weight excluding hydrogens is 360 g/mol. The number of hydrogen-bond donors (Lipinski definition) is 1. The highest BCUT2D eigenvalue weighted by atomic mass is 16.6. The smallest absolute Gasteiger partial charge is 0.436 e. The minimum atomic E-state index is -1.11. The molecule has 0 aliphatic carbocycles. The van der Waals surface area contributed by atoms with Gasteiger partial charge in [-0.2, -0.15) is 5.01 Å². The first kappa shape index (κ1) is 22.4. The third kappa shape index (κ3) is 6.20. The maximum atomic E-state index is 12.7. The van der Waals surface area contributed by atoms with Crippen molar-refractivity contribution in [2.75, 3.05) is 6.54 Å². The fourth-order valence-corrected chi connectivity index (χ4v) is 2.02. The van der Waals surface area contributed by atoms with Crippen molar-refractivity contribution >= 4 is 30.4 Å². The first-order chi connectivity index (χ1) is 12.2. The summed E-state index contributed by atoms with van der Waals surface area (Å²) in [5.74, 6) is -0.826. The standard InChI is InChI=1S/C16H26N4O7/c1-10(22)20(14(25)27-16(5,6)7)18-8-11(9-21)17-19(12(18)23)13(24)26-15(2,3)4/h9,11,17H,8H2,1-7H3. The van der Waals surface area contributed by atoms with Crippen molar-refractivity contribution in [1.29, 1.82) is 0 Å². The second kappa shape index (κ2) is 7.91. The number of amides is 5. The molecule has 0 aromatic carbocycles. The van der Waals surface area contributed by atoms with E-state index >= 15 is 0 Å². The number of nitrogens with zero attached hydrogens (tertiary/aromatic N) is 3. The van der Waals surface area contributed by atoms with Crippen molar-refractivity contribution in [3.63, 3.8) is 0 Å². The number of rotatable bonds is 2. The Balaban J connectivity index is 3.19. The highest BCUT2D eigenvalue weighted by Crippen LogP contribution is 2.18. The van der Waals surface area contributed by atoms with Crippen molar-refractivity contribution in [2.24, 2.45) is 0 Å². The summed E-state index contributed by atoms with van der Waals surface area (Å²) < 4.78 is 10.2. The van der Waals surface area contributed by atoms with Gasteiger partial charge in [-0.1, -0.05) is 0 Å². The molecule has 27 heavy (non-hydrogen) atoms. The van der Waals surface area contributed by atoms with Gasteiger partial charge in [0.1, 0.15) is 23.5 Å². The van der Waals surface area contributed by atoms with Crippen molar-refractivity contribution in [1.82, 2.24) is 20.5 Å². The first-order valence-corrected chi connectivity index (χ1v) is 8.26. The Morgan fingerprint density at radius 3 is 2.04 bits per heavy atom. The van der Waals surface area contributed by atoms with E-state index < -0.39 is 41.4 Å². The van der Waals surface area contributed by atoms with Crippen LogP contribution in [0.1, 0.15) is 48.5 Å². The lowest BCUT2D eigenvalue weighted by Crippen LogP contribution is -2.69. The zero-order valence-electron chi connectivity index (χ0n) is 16.6. The molecule has 11 heteroatoms. The molecule has 152 valence electrons. The van der Waals surface area contributed by atoms with E-state index in [-0.39, 0.29) is 6.54 Å². The van der Waals surface area contributed by atoms with Gasteiger partial charge in [0.2, 0.25) is 5.91 Å². The normalized spacial score (nSPS) is 18.0. The Morgan fingerprint density at radius 2 is 1.63 bits per heavy atom. The average Bonchev–Trinajstić information content (AvgIpc) is 2.44. The molecule has 0 bridgehead atoms. The van der Waals surface area contributed by atoms with Crippen LogP contribution in [0.15, 0.2) is 0 Å². The molecule has 1 saturated heterocycles. The summed E-state index contributed by atoms with van der Waals surface area (Å²) in [4.78, 5) is 60.6. The van der Waals surface area contributed by atoms with Gasteiger partial charge < -0.3 is 14.3 Å². The summed E-state index contributed by atoms with van der Waals surface area (Å²) >= 11 is 0. The summed E-state index contributed by atoms with van der Waals surface area (Å²) in [6.45, 7) is 10.2. The Kier molecular flexibility index (Phi) is 6.54. The van der Waals surface area contributed by atoms with Gasteiger partial charge in [-0.05, 0) is 41.5 Å². The molecule has 0 aromatic heterocycles. The Hall–Kier alpha value is -2.69. The molecule has 11 nitrogen and oxygen atoms in total. The Bertz CT molecular complexity index is 636. The molecule has 1 fully saturated rings. The number of ether oxygens (including phenoxy) is 2. The summed E-state index contributed by atoms with van der Waals surface area (Å²) in [5, 5.41) is 1.55. The molecule has 1 unspecified atom stereocenters. The number of hydrazine groups is 2. The molecule has 1 aliphatic heterocycles. The Labute approximate surface area is 157 Å². The highest BCUT2D eigenvalue weighted by Gasteiger charge is 2.44. The molecule has 0 radical (unpaired) electrons. The number of urea groups is 1. The predicted molar refractivity (Wildman–Crippen MR) is 91.9 cm³/mol. The molecule has 0 aromatic rings. The molecule has 1 aliphatic rings. The van der Waals surface area contributed by atoms with Crippen LogP contribution in [-0.2, 0) is 19.1 Å². The van der Waals surface area contributed by atoms with Crippen molar-refractivity contribution in [3.05, 3.63) is 0 Å². The lowest BCUT2D eigenvalue weighted by atomic mass is 10.2. The van der Waals surface area contributed by atoms with Crippen LogP contribution in [0.5, 0.6) is 0 Å². The van der Waals surface area contributed by atoms with Gasteiger partial charge in [0.25, 0.3) is 0 Å². The number of carbonyl (C=O) groups is 5. The number of aldehydes is 1. The number of hydrogen-bond acceptors (Lipinski definition) is 8. The van der Waals surface area contributed by atoms with Gasteiger partial charge in [0.15, 0.2) is 0 Å². The SMILES string of the molecule is CC(=O)N(C(=O)OC(C)(C)C)N1CC(C=O)NN(C(=O)OC(C)(C)C)C1=O. The second-order valence-corrected chi connectivity index (χ2v) is 7.86. The average molecular weight is 386 g/mol. The summed E-state index contributed by atoms with van der Waals surface area (Å²) in [6.07, 6.45) is -1.76. The zero-order chi connectivity index (χ0) is 21.2. The lowest BCUT2D eigenvalue weighted by Gasteiger charge is -2.41. The molecule has 0 spiro atoms. The van der Waals surface area contributed by atoms with Gasteiger partial charge in [-0.25, -0.2) is 24.8 Å². The predicted octanol–water partition coefficient (Wildman–Crippen LogP) is 1.43. The van der Waals surface area contributed by atoms with E-state index in [2.05, 4.69) is 5.43 Å². The van der Waals surface area contributed by atoms with E-state index in [1.165, 1.54) is 0 Å². The minimum absolute atomic E-state index is 0.361. The van der Waals surface area contributed by atoms with Crippen LogP contribution in [0.25, 0.3) is 0 Å². The molecule has 1 rings (SSSR count). The lowest BCUT2D eigenvalue weighted by molar-refractivity contribution is -0.144. The molecule has 1 heterocycles. The topological polar surface area (TPSA) is 126 Å². The van der Waals surface area contributed by atoms with Gasteiger partial charge >= 0.3 is 18.2 Å². The van der Waals surface area contributed by atoms with Gasteiger partial charge in [0.05, 0.1) is 6.54 Å². The van der Waals surface area contributed by atoms with Crippen LogP contribution in [0.3, 0.4) is 0 Å². The summed E-state index contributed by atoms with van der Waals surface area (Å²) in [7, 11) is 0. The van der Waals surface area contributed by atoms with Crippen LogP contribution in [-0.4, -0.2) is 69.2 Å². The van der Waals surface area contributed by atoms with E-state index in [4.69, 9.17) is 9.47 Å². The molecule has 1 atom stereocenters. The van der Waals surface area contributed by atoms with E-state index in [9.17, 15) is 24.0 Å². The Morgan fingerprint density at radius 1 is 1.11 bits per heavy atom. The monoisotopic (exact) mass is 386 g/mol. The maximum Gasteiger partial charge on any atom is 0.436 e. The van der Waals surface area contributed by atoms with Gasteiger partial charge in [-0.15, -0.1) is 5.01 Å². The molecular formula is C16H26N4O7. The third-order valence-electron chi connectivity index (χ3n) is 2.92. The molecule has 5 amide bonds. The van der Waals surface area contributed by atoms with Crippen molar-refractivity contribution in [2.45, 2.75) is 65.7 Å². The largest absolute Gasteiger partial charge is 0.442 e. The maximum absolute atomic E-state index is 12.7. The van der Waals surface area contributed by atoms with Crippen LogP contribution >= 0.6 is 0 Å². The van der Waals surface area contributed by atoms with E-state index in [0.29, 0.717) is 21.3 Å². The molecule has 1 N–H and O–H groups in total. The highest BCUT2D eigenvalue weighted by molar-refractivity contribution is 5.97. The molecule has 0 saturated carbocycles. The number of nitrogens with one attached hydrogen (secondary N) is 1. The fourth-order valence-electron chi connectivity index (χ4n) is 2.02. The van der Waals surface area contributed by atoms with E-state index in [1.807, 2.05) is 0 Å². The van der Waals surface area contributed by atoms with Crippen LogP contribution in [0, 0.1) is 0 Å². The van der Waals surface area contributed by atoms with E-state index in [1.54, 1.807) is 41.5 Å². The van der Waals surface area contributed by atoms with Crippen LogP contribution < -0.4 is 5.43 Å². The van der Waals surface area contributed by atoms with E-state index in [0.717, 1.165) is 6.92 Å². The van der Waals surface area contributed by atoms with Crippen molar-refractivity contribution in [3.8, 4) is 0 Å². The summed E-state index contributed by atoms with van der Waals surface area (Å²) in [6, 6.07) is -2.12. The quantitative estimate of drug-likeness (QED) is 0.707. The van der Waals surface area contributed by atoms with Crippen LogP contribution in [0.2, 0.25) is 0 Å². The van der Waals surface area contributed by atoms with Crippen LogP contribution in [0.4, 0.5) is 14.4 Å². The van der Waals surface area contributed by atoms with Crippen molar-refractivity contribution < 1.29 is 33.4 Å². The fraction of sp³-hybridized carbons (Fsp3) is 0.688. The zero-order valence-corrected chi connectivity index (χ0v) is 16.6. The van der Waals surface area contributed by atoms with Gasteiger partial charge in [-0.3, -0.25) is 4.79 Å². The number of carbonyl (C=O) groups excluding carboxylic acids is 5. The minimum Gasteiger partial charge on any atom is -0.442 e. The van der Waals surface area contributed by atoms with Gasteiger partial charge in [0, 0.05) is 6.92 Å². The first-order valence-electron chi connectivity index (χ1n) is 8.26. The number of imide groups is 2. The second-order valence-electron chi connectivity index (χ2n) is 7.86.